The Labute approximate surface area is 166 Å². The highest BCUT2D eigenvalue weighted by Gasteiger charge is 2.22. The molecule has 0 saturated carbocycles. The number of carbonyl (C=O) groups excluding carboxylic acids is 1. The van der Waals surface area contributed by atoms with Gasteiger partial charge in [-0.15, -0.1) is 0 Å². The first-order valence-corrected chi connectivity index (χ1v) is 8.98. The van der Waals surface area contributed by atoms with Crippen molar-refractivity contribution in [3.63, 3.8) is 0 Å². The number of aromatic nitrogens is 2. The third-order valence-corrected chi connectivity index (χ3v) is 4.28. The minimum atomic E-state index is -1.06. The van der Waals surface area contributed by atoms with Crippen LogP contribution in [0.5, 0.6) is 5.75 Å². The molecule has 1 amide bonds. The highest BCUT2D eigenvalue weighted by molar-refractivity contribution is 5.95. The third-order valence-electron chi connectivity index (χ3n) is 4.28. The van der Waals surface area contributed by atoms with E-state index in [1.54, 1.807) is 30.5 Å². The summed E-state index contributed by atoms with van der Waals surface area (Å²) < 4.78 is 35.0. The predicted molar refractivity (Wildman–Crippen MR) is 104 cm³/mol. The van der Waals surface area contributed by atoms with Crippen molar-refractivity contribution in [3.05, 3.63) is 64.6 Å². The lowest BCUT2D eigenvalue weighted by molar-refractivity contribution is 0.0938. The van der Waals surface area contributed by atoms with E-state index in [0.29, 0.717) is 22.8 Å². The molecular weight excluding hydrogens is 380 g/mol. The lowest BCUT2D eigenvalue weighted by atomic mass is 10.2. The van der Waals surface area contributed by atoms with Crippen molar-refractivity contribution < 1.29 is 18.3 Å². The normalized spacial score (nSPS) is 11.7. The van der Waals surface area contributed by atoms with E-state index in [1.807, 2.05) is 6.92 Å². The van der Waals surface area contributed by atoms with Crippen molar-refractivity contribution in [1.29, 1.82) is 0 Å². The molecule has 0 atom stereocenters. The van der Waals surface area contributed by atoms with Crippen LogP contribution in [0.15, 0.2) is 30.5 Å². The number of carbonyl (C=O) groups is 1. The number of fused-ring (bicyclic) bond motifs is 1. The molecule has 3 rings (SSSR count). The first-order valence-electron chi connectivity index (χ1n) is 8.98. The Hall–Kier alpha value is -3.04. The lowest BCUT2D eigenvalue weighted by Gasteiger charge is -2.19. The van der Waals surface area contributed by atoms with Crippen LogP contribution >= 0.6 is 0 Å². The van der Waals surface area contributed by atoms with Crippen LogP contribution in [0.2, 0.25) is 0 Å². The van der Waals surface area contributed by atoms with Gasteiger partial charge < -0.3 is 21.5 Å². The first kappa shape index (κ1) is 20.7. The molecule has 154 valence electrons. The van der Waals surface area contributed by atoms with Crippen LogP contribution < -0.4 is 21.5 Å². The van der Waals surface area contributed by atoms with Crippen LogP contribution in [0, 0.1) is 25.5 Å². The molecule has 3 aromatic rings. The Morgan fingerprint density at radius 2 is 1.93 bits per heavy atom. The molecule has 0 saturated heterocycles. The summed E-state index contributed by atoms with van der Waals surface area (Å²) in [4.78, 5) is 17.1. The van der Waals surface area contributed by atoms with Crippen LogP contribution in [-0.2, 0) is 6.61 Å². The fourth-order valence-electron chi connectivity index (χ4n) is 2.91. The SMILES string of the molecule is Cc1cc(OCc2c(F)cccc2F)c2nc(C)c(C(=O)NCC(C)(N)N)n2c1. The summed E-state index contributed by atoms with van der Waals surface area (Å²) in [6, 6.07) is 5.31. The number of halogens is 2. The van der Waals surface area contributed by atoms with Gasteiger partial charge in [0.05, 0.1) is 16.9 Å². The number of aryl methyl sites for hydroxylation is 2. The van der Waals surface area contributed by atoms with Crippen molar-refractivity contribution in [2.75, 3.05) is 6.54 Å². The first-order chi connectivity index (χ1) is 13.6. The number of hydrogen-bond acceptors (Lipinski definition) is 5. The third kappa shape index (κ3) is 4.52. The molecule has 0 radical (unpaired) electrons. The fourth-order valence-corrected chi connectivity index (χ4v) is 2.91. The monoisotopic (exact) mass is 403 g/mol. The molecule has 1 aromatic carbocycles. The van der Waals surface area contributed by atoms with E-state index in [-0.39, 0.29) is 18.7 Å². The number of amides is 1. The van der Waals surface area contributed by atoms with Gasteiger partial charge in [-0.1, -0.05) is 6.07 Å². The van der Waals surface area contributed by atoms with E-state index in [9.17, 15) is 13.6 Å². The number of nitrogens with two attached hydrogens (primary N) is 2. The second kappa shape index (κ2) is 7.76. The smallest absolute Gasteiger partial charge is 0.270 e. The van der Waals surface area contributed by atoms with Gasteiger partial charge in [-0.3, -0.25) is 9.20 Å². The zero-order valence-corrected chi connectivity index (χ0v) is 16.4. The maximum Gasteiger partial charge on any atom is 0.270 e. The molecule has 0 unspecified atom stereocenters. The molecule has 5 N–H and O–H groups in total. The molecule has 7 nitrogen and oxygen atoms in total. The van der Waals surface area contributed by atoms with Crippen LogP contribution in [0.1, 0.15) is 34.2 Å². The Bertz CT molecular complexity index is 1050. The van der Waals surface area contributed by atoms with Crippen molar-refractivity contribution in [2.24, 2.45) is 11.5 Å². The van der Waals surface area contributed by atoms with Gasteiger partial charge in [0.25, 0.3) is 5.91 Å². The topological polar surface area (TPSA) is 108 Å². The van der Waals surface area contributed by atoms with Gasteiger partial charge in [-0.2, -0.15) is 0 Å². The Balaban J connectivity index is 1.95. The minimum absolute atomic E-state index is 0.0697. The van der Waals surface area contributed by atoms with E-state index in [1.165, 1.54) is 18.2 Å². The van der Waals surface area contributed by atoms with E-state index >= 15 is 0 Å². The van der Waals surface area contributed by atoms with E-state index in [0.717, 1.165) is 5.56 Å². The van der Waals surface area contributed by atoms with Crippen molar-refractivity contribution in [1.82, 2.24) is 14.7 Å². The summed E-state index contributed by atoms with van der Waals surface area (Å²) in [5.74, 6) is -1.48. The number of imidazole rings is 1. The Morgan fingerprint density at radius 1 is 1.28 bits per heavy atom. The number of pyridine rings is 1. The lowest BCUT2D eigenvalue weighted by Crippen LogP contribution is -2.55. The summed E-state index contributed by atoms with van der Waals surface area (Å²) in [6.45, 7) is 4.84. The molecule has 9 heteroatoms. The van der Waals surface area contributed by atoms with Crippen molar-refractivity contribution >= 4 is 11.6 Å². The zero-order valence-electron chi connectivity index (χ0n) is 16.4. The number of nitrogens with zero attached hydrogens (tertiary/aromatic N) is 2. The molecule has 2 heterocycles. The summed E-state index contributed by atoms with van der Waals surface area (Å²) in [6.07, 6.45) is 1.73. The highest BCUT2D eigenvalue weighted by atomic mass is 19.1. The van der Waals surface area contributed by atoms with Gasteiger partial charge in [0, 0.05) is 12.7 Å². The van der Waals surface area contributed by atoms with Gasteiger partial charge in [0.15, 0.2) is 11.4 Å². The number of ether oxygens (including phenoxy) is 1. The van der Waals surface area contributed by atoms with Gasteiger partial charge in [0.1, 0.15) is 23.9 Å². The molecular formula is C20H23F2N5O2. The summed E-state index contributed by atoms with van der Waals surface area (Å²) in [7, 11) is 0. The largest absolute Gasteiger partial charge is 0.485 e. The fraction of sp³-hybridized carbons (Fsp3) is 0.300. The number of nitrogens with one attached hydrogen (secondary N) is 1. The van der Waals surface area contributed by atoms with Gasteiger partial charge in [-0.25, -0.2) is 13.8 Å². The van der Waals surface area contributed by atoms with Crippen molar-refractivity contribution in [2.45, 2.75) is 33.0 Å². The Kier molecular flexibility index (Phi) is 5.54. The average molecular weight is 403 g/mol. The summed E-state index contributed by atoms with van der Waals surface area (Å²) in [5, 5.41) is 2.68. The van der Waals surface area contributed by atoms with Crippen LogP contribution in [-0.4, -0.2) is 27.5 Å². The van der Waals surface area contributed by atoms with Crippen LogP contribution in [0.4, 0.5) is 8.78 Å². The van der Waals surface area contributed by atoms with E-state index < -0.39 is 23.2 Å². The molecule has 0 aliphatic heterocycles. The molecule has 0 fully saturated rings. The quantitative estimate of drug-likeness (QED) is 0.547. The standard InChI is InChI=1S/C20H23F2N5O2/c1-11-7-16(29-9-13-14(21)5-4-6-15(13)22)18-26-12(2)17(27(18)8-11)19(28)25-10-20(3,23)24/h4-8H,9-10,23-24H2,1-3H3,(H,25,28). The predicted octanol–water partition coefficient (Wildman–Crippen LogP) is 2.17. The van der Waals surface area contributed by atoms with Gasteiger partial charge in [0.2, 0.25) is 0 Å². The van der Waals surface area contributed by atoms with E-state index in [4.69, 9.17) is 16.2 Å². The van der Waals surface area contributed by atoms with Crippen LogP contribution in [0.25, 0.3) is 5.65 Å². The number of rotatable bonds is 6. The molecule has 2 aromatic heterocycles. The Morgan fingerprint density at radius 3 is 2.55 bits per heavy atom. The summed E-state index contributed by atoms with van der Waals surface area (Å²) in [5.41, 5.74) is 12.1. The van der Waals surface area contributed by atoms with Crippen LogP contribution in [0.3, 0.4) is 0 Å². The number of hydrogen-bond donors (Lipinski definition) is 3. The summed E-state index contributed by atoms with van der Waals surface area (Å²) >= 11 is 0. The second-order valence-electron chi connectivity index (χ2n) is 7.30. The molecule has 29 heavy (non-hydrogen) atoms. The highest BCUT2D eigenvalue weighted by Crippen LogP contribution is 2.26. The molecule has 0 bridgehead atoms. The molecule has 0 aliphatic rings. The average Bonchev–Trinajstić information content (AvgIpc) is 2.94. The zero-order chi connectivity index (χ0) is 21.3. The molecule has 0 aliphatic carbocycles. The van der Waals surface area contributed by atoms with Crippen molar-refractivity contribution in [3.8, 4) is 5.75 Å². The number of benzene rings is 1. The minimum Gasteiger partial charge on any atom is -0.485 e. The van der Waals surface area contributed by atoms with Gasteiger partial charge >= 0.3 is 0 Å². The van der Waals surface area contributed by atoms with Gasteiger partial charge in [-0.05, 0) is 44.5 Å². The molecule has 0 spiro atoms. The maximum absolute atomic E-state index is 13.9. The van der Waals surface area contributed by atoms with E-state index in [2.05, 4.69) is 10.3 Å². The maximum atomic E-state index is 13.9. The second-order valence-corrected chi connectivity index (χ2v) is 7.30.